The van der Waals surface area contributed by atoms with E-state index in [1.807, 2.05) is 24.3 Å². The van der Waals surface area contributed by atoms with E-state index in [4.69, 9.17) is 15.2 Å². The van der Waals surface area contributed by atoms with Crippen molar-refractivity contribution >= 4 is 15.7 Å². The lowest BCUT2D eigenvalue weighted by Crippen LogP contribution is -2.40. The van der Waals surface area contributed by atoms with Gasteiger partial charge in [0.25, 0.3) is 0 Å². The summed E-state index contributed by atoms with van der Waals surface area (Å²) in [5.74, 6) is 0.667. The number of sulfonamides is 1. The molecule has 1 aliphatic rings. The van der Waals surface area contributed by atoms with Crippen LogP contribution in [0.4, 0.5) is 5.69 Å². The van der Waals surface area contributed by atoms with Crippen molar-refractivity contribution in [1.29, 1.82) is 0 Å². The van der Waals surface area contributed by atoms with Crippen molar-refractivity contribution in [1.82, 2.24) is 14.3 Å². The quantitative estimate of drug-likeness (QED) is 0.624. The number of methoxy groups -OCH3 is 1. The molecule has 1 aromatic heterocycles. The van der Waals surface area contributed by atoms with Gasteiger partial charge in [-0.2, -0.15) is 4.31 Å². The number of aromatic nitrogens is 2. The Morgan fingerprint density at radius 3 is 2.43 bits per heavy atom. The molecule has 2 aromatic carbocycles. The van der Waals surface area contributed by atoms with E-state index in [1.54, 1.807) is 25.3 Å². The van der Waals surface area contributed by atoms with Gasteiger partial charge in [0.15, 0.2) is 0 Å². The van der Waals surface area contributed by atoms with Crippen molar-refractivity contribution in [2.75, 3.05) is 39.1 Å². The third kappa shape index (κ3) is 3.87. The summed E-state index contributed by atoms with van der Waals surface area (Å²) in [5, 5.41) is 0. The van der Waals surface area contributed by atoms with Gasteiger partial charge in [-0.3, -0.25) is 0 Å². The Hall–Kier alpha value is -3.01. The predicted molar refractivity (Wildman–Crippen MR) is 113 cm³/mol. The van der Waals surface area contributed by atoms with Crippen LogP contribution in [0.2, 0.25) is 0 Å². The summed E-state index contributed by atoms with van der Waals surface area (Å²) in [6.07, 6.45) is 1.42. The molecule has 0 unspecified atom stereocenters. The first-order valence-corrected chi connectivity index (χ1v) is 10.9. The maximum absolute atomic E-state index is 13.3. The topological polar surface area (TPSA) is 108 Å². The molecular formula is C21H22N4O4S. The van der Waals surface area contributed by atoms with E-state index in [9.17, 15) is 8.42 Å². The second-order valence-electron chi connectivity index (χ2n) is 6.76. The van der Waals surface area contributed by atoms with Crippen LogP contribution >= 0.6 is 0 Å². The second kappa shape index (κ2) is 8.39. The van der Waals surface area contributed by atoms with E-state index in [-0.39, 0.29) is 4.90 Å². The maximum atomic E-state index is 13.3. The van der Waals surface area contributed by atoms with Crippen molar-refractivity contribution in [3.63, 3.8) is 0 Å². The molecule has 0 bridgehead atoms. The summed E-state index contributed by atoms with van der Waals surface area (Å²) in [7, 11) is -2.17. The molecule has 1 saturated heterocycles. The zero-order valence-electron chi connectivity index (χ0n) is 16.5. The highest BCUT2D eigenvalue weighted by atomic mass is 32.2. The number of hydrogen-bond acceptors (Lipinski definition) is 7. The first-order chi connectivity index (χ1) is 14.5. The van der Waals surface area contributed by atoms with Crippen molar-refractivity contribution in [2.45, 2.75) is 4.90 Å². The summed E-state index contributed by atoms with van der Waals surface area (Å²) in [6.45, 7) is 1.32. The minimum absolute atomic E-state index is 0.120. The summed E-state index contributed by atoms with van der Waals surface area (Å²) < 4.78 is 38.8. The fourth-order valence-corrected chi connectivity index (χ4v) is 5.04. The molecule has 9 heteroatoms. The Balaban J connectivity index is 1.82. The first kappa shape index (κ1) is 20.3. The molecule has 8 nitrogen and oxygen atoms in total. The second-order valence-corrected chi connectivity index (χ2v) is 8.67. The van der Waals surface area contributed by atoms with Gasteiger partial charge in [0.2, 0.25) is 10.0 Å². The Morgan fingerprint density at radius 2 is 1.70 bits per heavy atom. The highest BCUT2D eigenvalue weighted by Gasteiger charge is 2.29. The number of para-hydroxylation sites is 1. The summed E-state index contributed by atoms with van der Waals surface area (Å²) in [4.78, 5) is 8.81. The molecule has 0 amide bonds. The van der Waals surface area contributed by atoms with Gasteiger partial charge < -0.3 is 15.2 Å². The third-order valence-corrected chi connectivity index (χ3v) is 6.86. The zero-order chi connectivity index (χ0) is 21.1. The number of rotatable bonds is 5. The van der Waals surface area contributed by atoms with Crippen LogP contribution in [0.3, 0.4) is 0 Å². The predicted octanol–water partition coefficient (Wildman–Crippen LogP) is 2.42. The Kier molecular flexibility index (Phi) is 5.67. The standard InChI is InChI=1S/C21H22N4O4S/c1-28-20-5-3-2-4-16(20)18-13-19(24-14-23-18)17-7-6-15(22)12-21(17)30(26,27)25-8-10-29-11-9-25/h2-7,12-14H,8-11,22H2,1H3. The smallest absolute Gasteiger partial charge is 0.243 e. The van der Waals surface area contributed by atoms with Crippen molar-refractivity contribution in [3.05, 3.63) is 54.9 Å². The van der Waals surface area contributed by atoms with Crippen LogP contribution in [0.25, 0.3) is 22.5 Å². The van der Waals surface area contributed by atoms with Gasteiger partial charge >= 0.3 is 0 Å². The van der Waals surface area contributed by atoms with Crippen LogP contribution in [-0.4, -0.2) is 56.1 Å². The molecule has 1 fully saturated rings. The highest BCUT2D eigenvalue weighted by molar-refractivity contribution is 7.89. The molecule has 4 rings (SSSR count). The summed E-state index contributed by atoms with van der Waals surface area (Å²) in [6, 6.07) is 14.1. The van der Waals surface area contributed by atoms with Gasteiger partial charge in [-0.1, -0.05) is 12.1 Å². The van der Waals surface area contributed by atoms with Gasteiger partial charge in [0.05, 0.1) is 36.6 Å². The first-order valence-electron chi connectivity index (χ1n) is 9.44. The molecule has 0 saturated carbocycles. The highest BCUT2D eigenvalue weighted by Crippen LogP contribution is 2.34. The average molecular weight is 426 g/mol. The molecule has 0 atom stereocenters. The van der Waals surface area contributed by atoms with E-state index in [0.717, 1.165) is 5.56 Å². The number of ether oxygens (including phenoxy) is 2. The largest absolute Gasteiger partial charge is 0.496 e. The molecule has 3 aromatic rings. The maximum Gasteiger partial charge on any atom is 0.243 e. The molecule has 0 spiro atoms. The molecule has 0 aliphatic carbocycles. The van der Waals surface area contributed by atoms with E-state index in [2.05, 4.69) is 9.97 Å². The number of benzene rings is 2. The lowest BCUT2D eigenvalue weighted by molar-refractivity contribution is 0.0730. The van der Waals surface area contributed by atoms with Crippen molar-refractivity contribution in [2.24, 2.45) is 0 Å². The minimum atomic E-state index is -3.77. The minimum Gasteiger partial charge on any atom is -0.496 e. The fraction of sp³-hybridized carbons (Fsp3) is 0.238. The average Bonchev–Trinajstić information content (AvgIpc) is 2.79. The Labute approximate surface area is 175 Å². The van der Waals surface area contributed by atoms with E-state index in [1.165, 1.54) is 16.7 Å². The van der Waals surface area contributed by atoms with Crippen LogP contribution in [0.15, 0.2) is 59.8 Å². The van der Waals surface area contributed by atoms with Crippen LogP contribution in [0, 0.1) is 0 Å². The monoisotopic (exact) mass is 426 g/mol. The number of hydrogen-bond donors (Lipinski definition) is 1. The lowest BCUT2D eigenvalue weighted by Gasteiger charge is -2.27. The van der Waals surface area contributed by atoms with Crippen LogP contribution in [-0.2, 0) is 14.8 Å². The van der Waals surface area contributed by atoms with Gasteiger partial charge in [0.1, 0.15) is 12.1 Å². The molecule has 2 N–H and O–H groups in total. The zero-order valence-corrected chi connectivity index (χ0v) is 17.3. The number of nitrogens with two attached hydrogens (primary N) is 1. The molecular weight excluding hydrogens is 404 g/mol. The van der Waals surface area contributed by atoms with Gasteiger partial charge in [-0.05, 0) is 36.4 Å². The number of nitrogens with zero attached hydrogens (tertiary/aromatic N) is 3. The van der Waals surface area contributed by atoms with Gasteiger partial charge in [-0.25, -0.2) is 18.4 Å². The third-order valence-electron chi connectivity index (χ3n) is 4.92. The number of anilines is 1. The van der Waals surface area contributed by atoms with E-state index < -0.39 is 10.0 Å². The van der Waals surface area contributed by atoms with Crippen molar-refractivity contribution < 1.29 is 17.9 Å². The number of morpholine rings is 1. The summed E-state index contributed by atoms with van der Waals surface area (Å²) in [5.41, 5.74) is 8.67. The molecule has 156 valence electrons. The fourth-order valence-electron chi connectivity index (χ4n) is 3.40. The molecule has 30 heavy (non-hydrogen) atoms. The van der Waals surface area contributed by atoms with Gasteiger partial charge in [0, 0.05) is 29.9 Å². The molecule has 0 radical (unpaired) electrons. The van der Waals surface area contributed by atoms with Crippen LogP contribution < -0.4 is 10.5 Å². The molecule has 1 aliphatic heterocycles. The van der Waals surface area contributed by atoms with Crippen LogP contribution in [0.1, 0.15) is 0 Å². The summed E-state index contributed by atoms with van der Waals surface area (Å²) >= 11 is 0. The Morgan fingerprint density at radius 1 is 1.00 bits per heavy atom. The number of nitrogen functional groups attached to an aromatic ring is 1. The van der Waals surface area contributed by atoms with E-state index in [0.29, 0.717) is 54.7 Å². The normalized spacial score (nSPS) is 15.1. The van der Waals surface area contributed by atoms with Crippen LogP contribution in [0.5, 0.6) is 5.75 Å². The lowest BCUT2D eigenvalue weighted by atomic mass is 10.1. The molecule has 2 heterocycles. The van der Waals surface area contributed by atoms with Crippen molar-refractivity contribution in [3.8, 4) is 28.3 Å². The van der Waals surface area contributed by atoms with Gasteiger partial charge in [-0.15, -0.1) is 0 Å². The van der Waals surface area contributed by atoms with E-state index >= 15 is 0 Å². The Bertz CT molecular complexity index is 1160. The SMILES string of the molecule is COc1ccccc1-c1cc(-c2ccc(N)cc2S(=O)(=O)N2CCOCC2)ncn1.